The maximum absolute atomic E-state index is 10.3. The molecule has 82 valence electrons. The molecule has 7 nitrogen and oxygen atoms in total. The number of carboxylic acid groups (broad SMARTS) is 1. The number of hydrogen-bond donors (Lipinski definition) is 5. The molecule has 0 aromatic carbocycles. The molecule has 7 N–H and O–H groups in total. The van der Waals surface area contributed by atoms with E-state index in [-0.39, 0.29) is 0 Å². The summed E-state index contributed by atoms with van der Waals surface area (Å²) < 4.78 is 0. The number of carbonyl (C=O) groups is 1. The number of hydrazine groups is 1. The van der Waals surface area contributed by atoms with Gasteiger partial charge in [0.05, 0.1) is 0 Å². The lowest BCUT2D eigenvalue weighted by molar-refractivity contribution is -0.138. The van der Waals surface area contributed by atoms with Crippen LogP contribution in [0.4, 0.5) is 0 Å². The summed E-state index contributed by atoms with van der Waals surface area (Å²) in [5, 5.41) is 14.8. The van der Waals surface area contributed by atoms with E-state index in [1.165, 1.54) is 6.34 Å². The summed E-state index contributed by atoms with van der Waals surface area (Å²) in [5.74, 6) is 3.92. The highest BCUT2D eigenvalue weighted by atomic mass is 16.4. The lowest BCUT2D eigenvalue weighted by Crippen LogP contribution is -2.30. The quantitative estimate of drug-likeness (QED) is 0.108. The number of hydrazone groups is 1. The van der Waals surface area contributed by atoms with Crippen molar-refractivity contribution in [1.29, 1.82) is 0 Å². The molecule has 0 saturated carbocycles. The largest absolute Gasteiger partial charge is 0.480 e. The summed E-state index contributed by atoms with van der Waals surface area (Å²) in [6.45, 7) is 0.720. The van der Waals surface area contributed by atoms with E-state index < -0.39 is 12.0 Å². The first kappa shape index (κ1) is 12.7. The Balaban J connectivity index is 3.21. The molecule has 14 heavy (non-hydrogen) atoms. The lowest BCUT2D eigenvalue weighted by Gasteiger charge is -2.05. The van der Waals surface area contributed by atoms with Crippen LogP contribution in [0, 0.1) is 0 Å². The summed E-state index contributed by atoms with van der Waals surface area (Å²) in [4.78, 5) is 10.3. The zero-order chi connectivity index (χ0) is 10.8. The van der Waals surface area contributed by atoms with Crippen LogP contribution in [0.5, 0.6) is 0 Å². The molecule has 0 fully saturated rings. The Morgan fingerprint density at radius 1 is 1.57 bits per heavy atom. The van der Waals surface area contributed by atoms with Gasteiger partial charge in [-0.1, -0.05) is 0 Å². The van der Waals surface area contributed by atoms with E-state index in [1.54, 1.807) is 0 Å². The third-order valence-corrected chi connectivity index (χ3v) is 1.63. The van der Waals surface area contributed by atoms with Crippen LogP contribution in [0.15, 0.2) is 5.10 Å². The number of hydrogen-bond acceptors (Lipinski definition) is 5. The van der Waals surface area contributed by atoms with Crippen LogP contribution in [-0.2, 0) is 4.79 Å². The molecule has 0 bridgehead atoms. The van der Waals surface area contributed by atoms with Gasteiger partial charge in [-0.3, -0.25) is 4.79 Å². The molecule has 0 aromatic heterocycles. The van der Waals surface area contributed by atoms with Crippen LogP contribution in [0.2, 0.25) is 0 Å². The molecule has 0 aliphatic heterocycles. The van der Waals surface area contributed by atoms with E-state index >= 15 is 0 Å². The van der Waals surface area contributed by atoms with Crippen LogP contribution >= 0.6 is 0 Å². The minimum absolute atomic E-state index is 0.489. The van der Waals surface area contributed by atoms with Crippen LogP contribution < -0.4 is 22.4 Å². The van der Waals surface area contributed by atoms with Crippen molar-refractivity contribution in [3.8, 4) is 0 Å². The number of carboxylic acids is 1. The Morgan fingerprint density at radius 3 is 2.86 bits per heavy atom. The Hall–Kier alpha value is -1.34. The molecule has 0 unspecified atom stereocenters. The summed E-state index contributed by atoms with van der Waals surface area (Å²) in [5.41, 5.74) is 7.41. The predicted molar refractivity (Wildman–Crippen MR) is 53.3 cm³/mol. The van der Waals surface area contributed by atoms with Crippen molar-refractivity contribution >= 4 is 12.3 Å². The Labute approximate surface area is 82.5 Å². The van der Waals surface area contributed by atoms with Crippen molar-refractivity contribution in [2.24, 2.45) is 16.7 Å². The second kappa shape index (κ2) is 8.27. The van der Waals surface area contributed by atoms with Gasteiger partial charge in [0.15, 0.2) is 0 Å². The zero-order valence-corrected chi connectivity index (χ0v) is 7.94. The fourth-order valence-corrected chi connectivity index (χ4v) is 0.862. The highest BCUT2D eigenvalue weighted by Crippen LogP contribution is 1.97. The Kier molecular flexibility index (Phi) is 7.48. The molecule has 0 heterocycles. The van der Waals surface area contributed by atoms with E-state index in [2.05, 4.69) is 16.0 Å². The van der Waals surface area contributed by atoms with Crippen molar-refractivity contribution in [2.45, 2.75) is 25.3 Å². The van der Waals surface area contributed by atoms with Crippen LogP contribution in [0.1, 0.15) is 19.3 Å². The molecule has 0 aromatic rings. The Morgan fingerprint density at radius 2 is 2.29 bits per heavy atom. The molecular formula is C7H17N5O2. The van der Waals surface area contributed by atoms with Gasteiger partial charge in [0.2, 0.25) is 0 Å². The first-order valence-electron chi connectivity index (χ1n) is 4.37. The van der Waals surface area contributed by atoms with E-state index in [9.17, 15) is 4.79 Å². The van der Waals surface area contributed by atoms with Crippen molar-refractivity contribution < 1.29 is 9.90 Å². The molecule has 1 atom stereocenters. The standard InChI is InChI=1S/C7H17N5O2/c8-6(7(13)14)3-1-2-4-10-5-11-12-9/h5-6,12H,1-4,8-9H2,(H,10,11)(H,13,14)/t6-/m0/s1. The summed E-state index contributed by atoms with van der Waals surface area (Å²) >= 11 is 0. The van der Waals surface area contributed by atoms with Gasteiger partial charge in [-0.05, 0) is 19.3 Å². The zero-order valence-electron chi connectivity index (χ0n) is 7.94. The molecule has 0 aliphatic rings. The second-order valence-corrected chi connectivity index (χ2v) is 2.78. The van der Waals surface area contributed by atoms with Crippen molar-refractivity contribution in [3.63, 3.8) is 0 Å². The first-order chi connectivity index (χ1) is 6.68. The van der Waals surface area contributed by atoms with E-state index in [0.717, 1.165) is 19.4 Å². The third-order valence-electron chi connectivity index (χ3n) is 1.63. The molecule has 0 spiro atoms. The van der Waals surface area contributed by atoms with Crippen molar-refractivity contribution in [3.05, 3.63) is 0 Å². The second-order valence-electron chi connectivity index (χ2n) is 2.78. The van der Waals surface area contributed by atoms with Gasteiger partial charge in [0.25, 0.3) is 0 Å². The number of nitrogens with one attached hydrogen (secondary N) is 2. The number of nitrogens with zero attached hydrogens (tertiary/aromatic N) is 1. The minimum atomic E-state index is -0.952. The van der Waals surface area contributed by atoms with Gasteiger partial charge >= 0.3 is 5.97 Å². The predicted octanol–water partition coefficient (Wildman–Crippen LogP) is -1.44. The van der Waals surface area contributed by atoms with Crippen LogP contribution in [-0.4, -0.2) is 30.0 Å². The number of unbranched alkanes of at least 4 members (excludes halogenated alkanes) is 1. The van der Waals surface area contributed by atoms with Crippen molar-refractivity contribution in [2.75, 3.05) is 6.54 Å². The normalized spacial score (nSPS) is 12.7. The third kappa shape index (κ3) is 7.32. The number of nitrogens with two attached hydrogens (primary N) is 2. The lowest BCUT2D eigenvalue weighted by atomic mass is 10.1. The van der Waals surface area contributed by atoms with Gasteiger partial charge in [-0.2, -0.15) is 5.10 Å². The fourth-order valence-electron chi connectivity index (χ4n) is 0.862. The molecule has 0 radical (unpaired) electrons. The number of rotatable bonds is 8. The topological polar surface area (TPSA) is 126 Å². The van der Waals surface area contributed by atoms with Gasteiger partial charge in [-0.25, -0.2) is 11.4 Å². The minimum Gasteiger partial charge on any atom is -0.480 e. The Bertz CT molecular complexity index is 185. The number of aliphatic carboxylic acids is 1. The maximum atomic E-state index is 10.3. The summed E-state index contributed by atoms with van der Waals surface area (Å²) in [7, 11) is 0. The van der Waals surface area contributed by atoms with E-state index in [0.29, 0.717) is 6.42 Å². The molecule has 0 saturated heterocycles. The smallest absolute Gasteiger partial charge is 0.320 e. The highest BCUT2D eigenvalue weighted by molar-refractivity contribution is 5.72. The molecule has 0 rings (SSSR count). The summed E-state index contributed by atoms with van der Waals surface area (Å²) in [6.07, 6.45) is 3.54. The molecular weight excluding hydrogens is 186 g/mol. The van der Waals surface area contributed by atoms with Gasteiger partial charge in [-0.15, -0.1) is 0 Å². The monoisotopic (exact) mass is 203 g/mol. The average Bonchev–Trinajstić information content (AvgIpc) is 2.16. The molecule has 7 heteroatoms. The summed E-state index contributed by atoms with van der Waals surface area (Å²) in [6, 6.07) is -0.755. The van der Waals surface area contributed by atoms with Gasteiger partial charge in [0.1, 0.15) is 12.4 Å². The molecule has 0 aliphatic carbocycles. The maximum Gasteiger partial charge on any atom is 0.320 e. The SMILES string of the molecule is NNN=CNCCCC[C@H](N)C(=O)O. The van der Waals surface area contributed by atoms with Crippen molar-refractivity contribution in [1.82, 2.24) is 10.9 Å². The molecule has 0 amide bonds. The first-order valence-corrected chi connectivity index (χ1v) is 4.37. The van der Waals surface area contributed by atoms with Gasteiger partial charge < -0.3 is 16.2 Å². The fraction of sp³-hybridized carbons (Fsp3) is 0.714. The van der Waals surface area contributed by atoms with Crippen LogP contribution in [0.25, 0.3) is 0 Å². The van der Waals surface area contributed by atoms with Gasteiger partial charge in [0, 0.05) is 6.54 Å². The van der Waals surface area contributed by atoms with E-state index in [1.807, 2.05) is 0 Å². The van der Waals surface area contributed by atoms with E-state index in [4.69, 9.17) is 16.7 Å². The average molecular weight is 203 g/mol. The van der Waals surface area contributed by atoms with Crippen LogP contribution in [0.3, 0.4) is 0 Å². The highest BCUT2D eigenvalue weighted by Gasteiger charge is 2.09.